The summed E-state index contributed by atoms with van der Waals surface area (Å²) < 4.78 is 19.5. The van der Waals surface area contributed by atoms with Gasteiger partial charge in [-0.15, -0.1) is 0 Å². The number of pyridine rings is 1. The predicted molar refractivity (Wildman–Crippen MR) is 72.7 cm³/mol. The van der Waals surface area contributed by atoms with Crippen molar-refractivity contribution in [2.24, 2.45) is 0 Å². The topological polar surface area (TPSA) is 22.1 Å². The van der Waals surface area contributed by atoms with E-state index in [4.69, 9.17) is 27.9 Å². The Bertz CT molecular complexity index is 580. The molecular weight excluding hydrogens is 344 g/mol. The van der Waals surface area contributed by atoms with Gasteiger partial charge in [-0.3, -0.25) is 0 Å². The number of hydrogen-bond acceptors (Lipinski definition) is 2. The fourth-order valence-electron chi connectivity index (χ4n) is 1.30. The van der Waals surface area contributed by atoms with Gasteiger partial charge >= 0.3 is 0 Å². The van der Waals surface area contributed by atoms with Crippen LogP contribution in [0.5, 0.6) is 5.75 Å². The summed E-state index contributed by atoms with van der Waals surface area (Å²) in [7, 11) is 0. The number of ether oxygens (including phenoxy) is 1. The Hall–Kier alpha value is -0.840. The third-order valence-electron chi connectivity index (χ3n) is 2.14. The number of aromatic nitrogens is 1. The summed E-state index contributed by atoms with van der Waals surface area (Å²) >= 11 is 14.8. The van der Waals surface area contributed by atoms with Crippen LogP contribution in [0.25, 0.3) is 0 Å². The van der Waals surface area contributed by atoms with Gasteiger partial charge in [0, 0.05) is 4.47 Å². The number of benzene rings is 1. The molecule has 0 saturated heterocycles. The highest BCUT2D eigenvalue weighted by Crippen LogP contribution is 2.24. The lowest BCUT2D eigenvalue weighted by Gasteiger charge is -2.08. The average Bonchev–Trinajstić information content (AvgIpc) is 2.32. The maximum atomic E-state index is 13.5. The van der Waals surface area contributed by atoms with Crippen LogP contribution in [0.3, 0.4) is 0 Å². The molecule has 1 aromatic carbocycles. The van der Waals surface area contributed by atoms with Crippen molar-refractivity contribution in [2.45, 2.75) is 6.61 Å². The third kappa shape index (κ3) is 3.34. The van der Waals surface area contributed by atoms with Crippen molar-refractivity contribution < 1.29 is 9.13 Å². The van der Waals surface area contributed by atoms with E-state index in [1.807, 2.05) is 0 Å². The Labute approximate surface area is 122 Å². The Kier molecular flexibility index (Phi) is 4.43. The highest BCUT2D eigenvalue weighted by Gasteiger charge is 2.07. The van der Waals surface area contributed by atoms with Crippen LogP contribution >= 0.6 is 39.1 Å². The van der Waals surface area contributed by atoms with E-state index >= 15 is 0 Å². The molecule has 0 atom stereocenters. The van der Waals surface area contributed by atoms with Crippen LogP contribution in [0, 0.1) is 5.82 Å². The molecule has 0 aliphatic heterocycles. The SMILES string of the molecule is Fc1cc(Br)ccc1OCc1nc(Cl)ccc1Cl. The molecule has 2 aromatic rings. The van der Waals surface area contributed by atoms with Gasteiger partial charge in [0.15, 0.2) is 11.6 Å². The highest BCUT2D eigenvalue weighted by atomic mass is 79.9. The van der Waals surface area contributed by atoms with Gasteiger partial charge in [0.1, 0.15) is 11.8 Å². The van der Waals surface area contributed by atoms with Gasteiger partial charge in [-0.05, 0) is 30.3 Å². The lowest BCUT2D eigenvalue weighted by molar-refractivity contribution is 0.286. The maximum Gasteiger partial charge on any atom is 0.166 e. The van der Waals surface area contributed by atoms with Crippen molar-refractivity contribution in [3.05, 3.63) is 56.5 Å². The Morgan fingerprint density at radius 2 is 2.00 bits per heavy atom. The van der Waals surface area contributed by atoms with E-state index in [0.29, 0.717) is 20.3 Å². The van der Waals surface area contributed by atoms with Gasteiger partial charge in [-0.25, -0.2) is 9.37 Å². The maximum absolute atomic E-state index is 13.5. The molecule has 0 unspecified atom stereocenters. The first kappa shape index (κ1) is 13.6. The molecule has 0 aliphatic carbocycles. The molecule has 0 radical (unpaired) electrons. The van der Waals surface area contributed by atoms with Gasteiger partial charge in [-0.2, -0.15) is 0 Å². The highest BCUT2D eigenvalue weighted by molar-refractivity contribution is 9.10. The van der Waals surface area contributed by atoms with Gasteiger partial charge < -0.3 is 4.74 Å². The van der Waals surface area contributed by atoms with Crippen molar-refractivity contribution in [2.75, 3.05) is 0 Å². The van der Waals surface area contributed by atoms with E-state index in [2.05, 4.69) is 20.9 Å². The minimum Gasteiger partial charge on any atom is -0.484 e. The van der Waals surface area contributed by atoms with Crippen molar-refractivity contribution in [1.82, 2.24) is 4.98 Å². The molecule has 0 aliphatic rings. The van der Waals surface area contributed by atoms with E-state index in [-0.39, 0.29) is 12.4 Å². The lowest BCUT2D eigenvalue weighted by Crippen LogP contribution is -2.00. The van der Waals surface area contributed by atoms with Gasteiger partial charge in [0.25, 0.3) is 0 Å². The second-order valence-electron chi connectivity index (χ2n) is 3.43. The largest absolute Gasteiger partial charge is 0.484 e. The zero-order valence-electron chi connectivity index (χ0n) is 8.96. The monoisotopic (exact) mass is 349 g/mol. The van der Waals surface area contributed by atoms with Crippen LogP contribution in [0.2, 0.25) is 10.2 Å². The zero-order chi connectivity index (χ0) is 13.1. The first-order valence-electron chi connectivity index (χ1n) is 4.95. The molecule has 1 heterocycles. The number of halogens is 4. The molecule has 18 heavy (non-hydrogen) atoms. The summed E-state index contributed by atoms with van der Waals surface area (Å²) in [5.74, 6) is -0.321. The van der Waals surface area contributed by atoms with Crippen LogP contribution < -0.4 is 4.74 Å². The smallest absolute Gasteiger partial charge is 0.166 e. The van der Waals surface area contributed by atoms with Crippen LogP contribution in [0.15, 0.2) is 34.8 Å². The minimum absolute atomic E-state index is 0.0535. The standard InChI is InChI=1S/C12H7BrCl2FNO/c13-7-1-3-11(9(16)5-7)18-6-10-8(14)2-4-12(15)17-10/h1-5H,6H2. The third-order valence-corrected chi connectivity index (χ3v) is 3.19. The first-order valence-corrected chi connectivity index (χ1v) is 6.50. The van der Waals surface area contributed by atoms with E-state index in [0.717, 1.165) is 0 Å². The summed E-state index contributed by atoms with van der Waals surface area (Å²) in [6, 6.07) is 7.73. The second-order valence-corrected chi connectivity index (χ2v) is 5.14. The molecule has 0 fully saturated rings. The van der Waals surface area contributed by atoms with E-state index < -0.39 is 5.82 Å². The van der Waals surface area contributed by atoms with Gasteiger partial charge in [-0.1, -0.05) is 39.1 Å². The Morgan fingerprint density at radius 1 is 1.22 bits per heavy atom. The van der Waals surface area contributed by atoms with E-state index in [9.17, 15) is 4.39 Å². The normalized spacial score (nSPS) is 10.4. The molecule has 2 rings (SSSR count). The van der Waals surface area contributed by atoms with Crippen molar-refractivity contribution >= 4 is 39.1 Å². The quantitative estimate of drug-likeness (QED) is 0.737. The van der Waals surface area contributed by atoms with Crippen LogP contribution in [0.1, 0.15) is 5.69 Å². The van der Waals surface area contributed by atoms with Crippen LogP contribution in [-0.4, -0.2) is 4.98 Å². The number of nitrogens with zero attached hydrogens (tertiary/aromatic N) is 1. The Balaban J connectivity index is 2.13. The lowest BCUT2D eigenvalue weighted by atomic mass is 10.3. The number of rotatable bonds is 3. The fourth-order valence-corrected chi connectivity index (χ4v) is 1.96. The molecule has 2 nitrogen and oxygen atoms in total. The molecule has 0 spiro atoms. The average molecular weight is 351 g/mol. The first-order chi connectivity index (χ1) is 8.56. The van der Waals surface area contributed by atoms with Gasteiger partial charge in [0.05, 0.1) is 10.7 Å². The molecule has 1 aromatic heterocycles. The van der Waals surface area contributed by atoms with Crippen LogP contribution in [-0.2, 0) is 6.61 Å². The van der Waals surface area contributed by atoms with E-state index in [1.54, 1.807) is 18.2 Å². The van der Waals surface area contributed by atoms with Crippen molar-refractivity contribution in [3.63, 3.8) is 0 Å². The van der Waals surface area contributed by atoms with E-state index in [1.165, 1.54) is 12.1 Å². The minimum atomic E-state index is -0.456. The van der Waals surface area contributed by atoms with Crippen molar-refractivity contribution in [3.8, 4) is 5.75 Å². The van der Waals surface area contributed by atoms with Crippen LogP contribution in [0.4, 0.5) is 4.39 Å². The molecule has 0 saturated carbocycles. The van der Waals surface area contributed by atoms with Gasteiger partial charge in [0.2, 0.25) is 0 Å². The molecule has 94 valence electrons. The molecule has 0 N–H and O–H groups in total. The Morgan fingerprint density at radius 3 is 2.72 bits per heavy atom. The summed E-state index contributed by atoms with van der Waals surface area (Å²) in [5.41, 5.74) is 0.464. The fraction of sp³-hybridized carbons (Fsp3) is 0.0833. The van der Waals surface area contributed by atoms with Crippen molar-refractivity contribution in [1.29, 1.82) is 0 Å². The summed E-state index contributed by atoms with van der Waals surface area (Å²) in [6.07, 6.45) is 0. The summed E-state index contributed by atoms with van der Waals surface area (Å²) in [5, 5.41) is 0.742. The molecule has 6 heteroatoms. The summed E-state index contributed by atoms with van der Waals surface area (Å²) in [4.78, 5) is 4.01. The predicted octanol–water partition coefficient (Wildman–Crippen LogP) is 4.87. The molecule has 0 bridgehead atoms. The number of hydrogen-bond donors (Lipinski definition) is 0. The molecule has 0 amide bonds. The molecular formula is C12H7BrCl2FNO. The second kappa shape index (κ2) is 5.87. The summed E-state index contributed by atoms with van der Waals surface area (Å²) in [6.45, 7) is 0.0535. The zero-order valence-corrected chi connectivity index (χ0v) is 12.1.